The van der Waals surface area contributed by atoms with Crippen LogP contribution in [0.1, 0.15) is 15.9 Å². The molecule has 4 rings (SSSR count). The van der Waals surface area contributed by atoms with Crippen molar-refractivity contribution < 1.29 is 4.79 Å². The topological polar surface area (TPSA) is 90.4 Å². The minimum atomic E-state index is -0.615. The molecule has 1 heterocycles. The number of hydrogen-bond donors (Lipinski definition) is 2. The first-order valence-electron chi connectivity index (χ1n) is 10.4. The summed E-state index contributed by atoms with van der Waals surface area (Å²) in [6, 6.07) is 26.4. The van der Waals surface area contributed by atoms with Gasteiger partial charge in [0.2, 0.25) is 0 Å². The molecule has 7 heteroatoms. The average Bonchev–Trinajstić information content (AvgIpc) is 2.85. The molecule has 0 spiro atoms. The third-order valence-corrected chi connectivity index (χ3v) is 5.11. The van der Waals surface area contributed by atoms with E-state index in [2.05, 4.69) is 20.7 Å². The van der Waals surface area contributed by atoms with E-state index in [0.717, 1.165) is 16.8 Å². The van der Waals surface area contributed by atoms with Crippen LogP contribution in [0.2, 0.25) is 0 Å². The lowest BCUT2D eigenvalue weighted by Crippen LogP contribution is -2.28. The molecule has 0 fully saturated rings. The van der Waals surface area contributed by atoms with Gasteiger partial charge in [0.05, 0.1) is 11.9 Å². The summed E-state index contributed by atoms with van der Waals surface area (Å²) < 4.78 is 0. The highest BCUT2D eigenvalue weighted by Gasteiger charge is 2.22. The Morgan fingerprint density at radius 2 is 1.52 bits per heavy atom. The van der Waals surface area contributed by atoms with Crippen LogP contribution in [0.3, 0.4) is 0 Å². The third-order valence-electron chi connectivity index (χ3n) is 5.11. The number of H-pyrrole nitrogens is 1. The van der Waals surface area contributed by atoms with E-state index in [9.17, 15) is 9.59 Å². The molecule has 1 amide bonds. The van der Waals surface area contributed by atoms with Gasteiger partial charge in [0.25, 0.3) is 11.5 Å². The lowest BCUT2D eigenvalue weighted by atomic mass is 9.95. The van der Waals surface area contributed by atoms with Crippen molar-refractivity contribution in [2.45, 2.75) is 0 Å². The molecule has 7 nitrogen and oxygen atoms in total. The Kier molecular flexibility index (Phi) is 6.40. The number of anilines is 1. The van der Waals surface area contributed by atoms with Crippen molar-refractivity contribution in [2.75, 3.05) is 19.0 Å². The Labute approximate surface area is 191 Å². The smallest absolute Gasteiger partial charge is 0.277 e. The molecule has 1 aromatic heterocycles. The van der Waals surface area contributed by atoms with Crippen LogP contribution in [0.15, 0.2) is 94.8 Å². The zero-order chi connectivity index (χ0) is 23.2. The van der Waals surface area contributed by atoms with E-state index in [4.69, 9.17) is 0 Å². The number of amides is 1. The molecule has 0 atom stereocenters. The van der Waals surface area contributed by atoms with Gasteiger partial charge in [-0.05, 0) is 23.3 Å². The average molecular weight is 438 g/mol. The molecule has 0 aliphatic carbocycles. The van der Waals surface area contributed by atoms with E-state index in [-0.39, 0.29) is 5.56 Å². The van der Waals surface area contributed by atoms with Crippen LogP contribution in [0.25, 0.3) is 22.4 Å². The Balaban J connectivity index is 1.70. The van der Waals surface area contributed by atoms with Crippen LogP contribution in [-0.4, -0.2) is 36.4 Å². The zero-order valence-electron chi connectivity index (χ0n) is 18.3. The summed E-state index contributed by atoms with van der Waals surface area (Å²) in [6.07, 6.45) is 1.53. The molecule has 0 bridgehead atoms. The minimum Gasteiger partial charge on any atom is -0.378 e. The Bertz CT molecular complexity index is 1330. The lowest BCUT2D eigenvalue weighted by molar-refractivity contribution is 0.0954. The van der Waals surface area contributed by atoms with Crippen molar-refractivity contribution in [2.24, 2.45) is 5.10 Å². The van der Waals surface area contributed by atoms with Gasteiger partial charge >= 0.3 is 0 Å². The second kappa shape index (κ2) is 9.74. The van der Waals surface area contributed by atoms with Gasteiger partial charge in [-0.2, -0.15) is 10.2 Å². The van der Waals surface area contributed by atoms with Gasteiger partial charge in [-0.1, -0.05) is 72.8 Å². The normalized spacial score (nSPS) is 10.8. The number of nitrogens with one attached hydrogen (secondary N) is 2. The summed E-state index contributed by atoms with van der Waals surface area (Å²) in [7, 11) is 3.92. The van der Waals surface area contributed by atoms with Crippen molar-refractivity contribution in [1.29, 1.82) is 0 Å². The van der Waals surface area contributed by atoms with E-state index in [1.54, 1.807) is 0 Å². The first kappa shape index (κ1) is 21.7. The molecule has 33 heavy (non-hydrogen) atoms. The second-order valence-electron chi connectivity index (χ2n) is 7.57. The van der Waals surface area contributed by atoms with Crippen LogP contribution in [0.5, 0.6) is 0 Å². The summed E-state index contributed by atoms with van der Waals surface area (Å²) in [5.74, 6) is -0.615. The van der Waals surface area contributed by atoms with Gasteiger partial charge in [0, 0.05) is 30.9 Å². The van der Waals surface area contributed by atoms with Crippen molar-refractivity contribution in [1.82, 2.24) is 15.6 Å². The van der Waals surface area contributed by atoms with E-state index in [0.29, 0.717) is 16.8 Å². The number of hydrazone groups is 1. The highest BCUT2D eigenvalue weighted by molar-refractivity contribution is 6.03. The molecule has 0 saturated carbocycles. The molecule has 4 aromatic rings. The maximum absolute atomic E-state index is 13.1. The van der Waals surface area contributed by atoms with Gasteiger partial charge in [0.15, 0.2) is 0 Å². The number of rotatable bonds is 6. The fourth-order valence-corrected chi connectivity index (χ4v) is 3.44. The van der Waals surface area contributed by atoms with E-state index in [1.165, 1.54) is 6.21 Å². The van der Waals surface area contributed by atoms with E-state index >= 15 is 0 Å². The van der Waals surface area contributed by atoms with Gasteiger partial charge in [-0.3, -0.25) is 9.59 Å². The van der Waals surface area contributed by atoms with Crippen LogP contribution < -0.4 is 15.9 Å². The van der Waals surface area contributed by atoms with Gasteiger partial charge in [-0.15, -0.1) is 0 Å². The Morgan fingerprint density at radius 1 is 0.909 bits per heavy atom. The number of aromatic nitrogens is 2. The fraction of sp³-hybridized carbons (Fsp3) is 0.0769. The second-order valence-corrected chi connectivity index (χ2v) is 7.57. The summed E-state index contributed by atoms with van der Waals surface area (Å²) in [6.45, 7) is 0. The first-order chi connectivity index (χ1) is 16.0. The van der Waals surface area contributed by atoms with Crippen molar-refractivity contribution in [3.05, 3.63) is 106 Å². The number of carbonyl (C=O) groups is 1. The number of hydrogen-bond acceptors (Lipinski definition) is 5. The molecule has 0 radical (unpaired) electrons. The molecule has 3 aromatic carbocycles. The predicted octanol–water partition coefficient (Wildman–Crippen LogP) is 3.93. The van der Waals surface area contributed by atoms with Crippen LogP contribution in [0.4, 0.5) is 5.69 Å². The summed E-state index contributed by atoms with van der Waals surface area (Å²) in [5.41, 5.74) is 6.18. The SMILES string of the molecule is CN(C)c1ccc(/C=N/NC(=O)c2c(-c3ccccc3)c(-c3ccccc3)n[nH]c2=O)cc1. The Hall–Kier alpha value is -4.52. The van der Waals surface area contributed by atoms with Crippen LogP contribution in [-0.2, 0) is 0 Å². The molecule has 0 saturated heterocycles. The number of nitrogens with zero attached hydrogens (tertiary/aromatic N) is 3. The predicted molar refractivity (Wildman–Crippen MR) is 132 cm³/mol. The molecule has 0 aliphatic rings. The monoisotopic (exact) mass is 437 g/mol. The van der Waals surface area contributed by atoms with Crippen molar-refractivity contribution >= 4 is 17.8 Å². The van der Waals surface area contributed by atoms with Gasteiger partial charge < -0.3 is 4.90 Å². The highest BCUT2D eigenvalue weighted by atomic mass is 16.2. The molecule has 2 N–H and O–H groups in total. The molecule has 0 unspecified atom stereocenters. The fourth-order valence-electron chi connectivity index (χ4n) is 3.44. The zero-order valence-corrected chi connectivity index (χ0v) is 18.3. The lowest BCUT2D eigenvalue weighted by Gasteiger charge is -2.13. The van der Waals surface area contributed by atoms with Crippen molar-refractivity contribution in [3.8, 4) is 22.4 Å². The maximum Gasteiger partial charge on any atom is 0.277 e. The number of benzene rings is 3. The summed E-state index contributed by atoms with van der Waals surface area (Å²) >= 11 is 0. The standard InChI is InChI=1S/C26H23N5O2/c1-31(2)21-15-13-18(14-16-21)17-27-29-25(32)23-22(19-9-5-3-6-10-19)24(28-30-26(23)33)20-11-7-4-8-12-20/h3-17H,1-2H3,(H,29,32)(H,30,33)/b27-17+. The quantitative estimate of drug-likeness (QED) is 0.353. The minimum absolute atomic E-state index is 0.0461. The highest BCUT2D eigenvalue weighted by Crippen LogP contribution is 2.31. The summed E-state index contributed by atoms with van der Waals surface area (Å²) in [5, 5.41) is 10.8. The molecular weight excluding hydrogens is 414 g/mol. The summed E-state index contributed by atoms with van der Waals surface area (Å²) in [4.78, 5) is 27.8. The van der Waals surface area contributed by atoms with E-state index in [1.807, 2.05) is 104 Å². The Morgan fingerprint density at radius 3 is 2.12 bits per heavy atom. The van der Waals surface area contributed by atoms with Crippen LogP contribution in [0, 0.1) is 0 Å². The molecule has 164 valence electrons. The molecular formula is C26H23N5O2. The van der Waals surface area contributed by atoms with Crippen LogP contribution >= 0.6 is 0 Å². The maximum atomic E-state index is 13.1. The van der Waals surface area contributed by atoms with Gasteiger partial charge in [-0.25, -0.2) is 10.5 Å². The number of aromatic amines is 1. The third kappa shape index (κ3) is 4.88. The molecule has 0 aliphatic heterocycles. The largest absolute Gasteiger partial charge is 0.378 e. The van der Waals surface area contributed by atoms with Crippen molar-refractivity contribution in [3.63, 3.8) is 0 Å². The van der Waals surface area contributed by atoms with Gasteiger partial charge in [0.1, 0.15) is 5.56 Å². The number of carbonyl (C=O) groups excluding carboxylic acids is 1. The van der Waals surface area contributed by atoms with E-state index < -0.39 is 11.5 Å². The first-order valence-corrected chi connectivity index (χ1v) is 10.4.